The SMILES string of the molecule is CC1(C)COC(=O)/C1=C\C#N. The van der Waals surface area contributed by atoms with Gasteiger partial charge in [-0.2, -0.15) is 5.26 Å². The van der Waals surface area contributed by atoms with Crippen LogP contribution in [0.3, 0.4) is 0 Å². The highest BCUT2D eigenvalue weighted by Gasteiger charge is 2.37. The molecule has 3 heteroatoms. The van der Waals surface area contributed by atoms with E-state index in [0.717, 1.165) is 0 Å². The third-order valence-electron chi connectivity index (χ3n) is 1.72. The molecule has 0 bridgehead atoms. The van der Waals surface area contributed by atoms with Crippen molar-refractivity contribution in [1.29, 1.82) is 5.26 Å². The predicted octanol–water partition coefficient (Wildman–Crippen LogP) is 1.02. The van der Waals surface area contributed by atoms with Gasteiger partial charge >= 0.3 is 5.97 Å². The van der Waals surface area contributed by atoms with Gasteiger partial charge in [-0.05, 0) is 0 Å². The Morgan fingerprint density at radius 3 is 2.73 bits per heavy atom. The summed E-state index contributed by atoms with van der Waals surface area (Å²) < 4.78 is 4.77. The molecular weight excluding hydrogens is 142 g/mol. The summed E-state index contributed by atoms with van der Waals surface area (Å²) in [5.41, 5.74) is 0.173. The first-order valence-electron chi connectivity index (χ1n) is 3.35. The summed E-state index contributed by atoms with van der Waals surface area (Å²) in [5.74, 6) is -0.364. The van der Waals surface area contributed by atoms with Gasteiger partial charge in [0.15, 0.2) is 0 Å². The van der Waals surface area contributed by atoms with Crippen LogP contribution in [-0.4, -0.2) is 12.6 Å². The van der Waals surface area contributed by atoms with Crippen LogP contribution in [0.4, 0.5) is 0 Å². The van der Waals surface area contributed by atoms with Crippen molar-refractivity contribution in [2.75, 3.05) is 6.61 Å². The molecule has 0 aromatic rings. The first-order valence-corrected chi connectivity index (χ1v) is 3.35. The highest BCUT2D eigenvalue weighted by molar-refractivity contribution is 5.92. The van der Waals surface area contributed by atoms with E-state index in [1.54, 1.807) is 0 Å². The zero-order chi connectivity index (χ0) is 8.48. The van der Waals surface area contributed by atoms with Gasteiger partial charge in [-0.25, -0.2) is 4.79 Å². The molecule has 0 N–H and O–H groups in total. The molecule has 1 fully saturated rings. The largest absolute Gasteiger partial charge is 0.461 e. The van der Waals surface area contributed by atoms with Gasteiger partial charge in [0.1, 0.15) is 6.61 Å². The Hall–Kier alpha value is -1.30. The number of hydrogen-bond donors (Lipinski definition) is 0. The first-order chi connectivity index (χ1) is 5.08. The lowest BCUT2D eigenvalue weighted by atomic mass is 9.87. The van der Waals surface area contributed by atoms with Gasteiger partial charge in [0.2, 0.25) is 0 Å². The maximum atomic E-state index is 10.9. The third kappa shape index (κ3) is 1.25. The molecule has 3 nitrogen and oxygen atoms in total. The normalized spacial score (nSPS) is 24.8. The van der Waals surface area contributed by atoms with Gasteiger partial charge in [0, 0.05) is 11.5 Å². The average molecular weight is 151 g/mol. The molecular formula is C8H9NO2. The zero-order valence-electron chi connectivity index (χ0n) is 6.55. The molecule has 0 aromatic carbocycles. The van der Waals surface area contributed by atoms with E-state index in [1.807, 2.05) is 19.9 Å². The molecule has 0 saturated carbocycles. The second-order valence-corrected chi connectivity index (χ2v) is 3.15. The van der Waals surface area contributed by atoms with Crippen LogP contribution in [0.25, 0.3) is 0 Å². The van der Waals surface area contributed by atoms with Gasteiger partial charge in [0.25, 0.3) is 0 Å². The summed E-state index contributed by atoms with van der Waals surface area (Å²) in [6.07, 6.45) is 1.26. The van der Waals surface area contributed by atoms with Gasteiger partial charge in [-0.3, -0.25) is 0 Å². The summed E-state index contributed by atoms with van der Waals surface area (Å²) in [6, 6.07) is 1.83. The van der Waals surface area contributed by atoms with Crippen LogP contribution in [-0.2, 0) is 9.53 Å². The van der Waals surface area contributed by atoms with Crippen LogP contribution in [0.1, 0.15) is 13.8 Å². The van der Waals surface area contributed by atoms with Crippen molar-refractivity contribution in [3.63, 3.8) is 0 Å². The Labute approximate surface area is 65.3 Å². The average Bonchev–Trinajstić information content (AvgIpc) is 2.16. The Bertz CT molecular complexity index is 258. The topological polar surface area (TPSA) is 50.1 Å². The molecule has 1 heterocycles. The summed E-state index contributed by atoms with van der Waals surface area (Å²) >= 11 is 0. The van der Waals surface area contributed by atoms with Gasteiger partial charge in [-0.1, -0.05) is 13.8 Å². The number of hydrogen-bond acceptors (Lipinski definition) is 3. The molecule has 0 spiro atoms. The predicted molar refractivity (Wildman–Crippen MR) is 38.4 cm³/mol. The molecule has 0 aromatic heterocycles. The van der Waals surface area contributed by atoms with Gasteiger partial charge in [0.05, 0.1) is 11.6 Å². The Morgan fingerprint density at radius 2 is 2.36 bits per heavy atom. The molecule has 0 amide bonds. The Morgan fingerprint density at radius 1 is 1.73 bits per heavy atom. The van der Waals surface area contributed by atoms with E-state index in [1.165, 1.54) is 6.08 Å². The second-order valence-electron chi connectivity index (χ2n) is 3.15. The Balaban J connectivity index is 3.01. The van der Waals surface area contributed by atoms with E-state index in [4.69, 9.17) is 10.00 Å². The van der Waals surface area contributed by atoms with Crippen molar-refractivity contribution in [2.45, 2.75) is 13.8 Å². The molecule has 58 valence electrons. The molecule has 0 radical (unpaired) electrons. The minimum absolute atomic E-state index is 0.299. The number of ether oxygens (including phenoxy) is 1. The third-order valence-corrected chi connectivity index (χ3v) is 1.72. The molecule has 1 aliphatic rings. The first kappa shape index (κ1) is 7.80. The number of cyclic esters (lactones) is 1. The quantitative estimate of drug-likeness (QED) is 0.295. The molecule has 0 atom stereocenters. The number of carbonyl (C=O) groups excluding carboxylic acids is 1. The fraction of sp³-hybridized carbons (Fsp3) is 0.500. The van der Waals surface area contributed by atoms with Crippen molar-refractivity contribution in [3.05, 3.63) is 11.6 Å². The fourth-order valence-corrected chi connectivity index (χ4v) is 0.997. The number of allylic oxidation sites excluding steroid dienone is 1. The van der Waals surface area contributed by atoms with Crippen LogP contribution in [0.2, 0.25) is 0 Å². The van der Waals surface area contributed by atoms with E-state index in [2.05, 4.69) is 0 Å². The summed E-state index contributed by atoms with van der Waals surface area (Å²) in [5, 5.41) is 8.34. The monoisotopic (exact) mass is 151 g/mol. The maximum absolute atomic E-state index is 10.9. The number of nitrogens with zero attached hydrogens (tertiary/aromatic N) is 1. The minimum atomic E-state index is -0.364. The Kier molecular flexibility index (Phi) is 1.69. The standard InChI is InChI=1S/C8H9NO2/c1-8(2)5-11-7(10)6(8)3-4-9/h3H,5H2,1-2H3/b6-3+. The van der Waals surface area contributed by atoms with Crippen molar-refractivity contribution in [2.24, 2.45) is 5.41 Å². The van der Waals surface area contributed by atoms with E-state index in [9.17, 15) is 4.79 Å². The highest BCUT2D eigenvalue weighted by atomic mass is 16.5. The van der Waals surface area contributed by atoms with E-state index in [-0.39, 0.29) is 11.4 Å². The molecule has 0 aliphatic carbocycles. The summed E-state index contributed by atoms with van der Waals surface area (Å²) in [4.78, 5) is 10.9. The molecule has 1 rings (SSSR count). The van der Waals surface area contributed by atoms with Crippen LogP contribution in [0.15, 0.2) is 11.6 Å². The van der Waals surface area contributed by atoms with Gasteiger partial charge < -0.3 is 4.74 Å². The summed E-state index contributed by atoms with van der Waals surface area (Å²) in [7, 11) is 0. The van der Waals surface area contributed by atoms with Crippen LogP contribution >= 0.6 is 0 Å². The zero-order valence-corrected chi connectivity index (χ0v) is 6.55. The van der Waals surface area contributed by atoms with E-state index >= 15 is 0 Å². The van der Waals surface area contributed by atoms with Crippen LogP contribution in [0.5, 0.6) is 0 Å². The molecule has 1 aliphatic heterocycles. The lowest BCUT2D eigenvalue weighted by Crippen LogP contribution is -2.13. The number of esters is 1. The smallest absolute Gasteiger partial charge is 0.335 e. The van der Waals surface area contributed by atoms with Crippen LogP contribution in [0, 0.1) is 16.7 Å². The van der Waals surface area contributed by atoms with Crippen molar-refractivity contribution < 1.29 is 9.53 Å². The van der Waals surface area contributed by atoms with Crippen molar-refractivity contribution in [1.82, 2.24) is 0 Å². The lowest BCUT2D eigenvalue weighted by Gasteiger charge is -2.12. The second kappa shape index (κ2) is 2.39. The number of nitriles is 1. The maximum Gasteiger partial charge on any atom is 0.335 e. The fourth-order valence-electron chi connectivity index (χ4n) is 0.997. The molecule has 0 unspecified atom stereocenters. The van der Waals surface area contributed by atoms with Gasteiger partial charge in [-0.15, -0.1) is 0 Å². The van der Waals surface area contributed by atoms with Crippen LogP contribution < -0.4 is 0 Å². The molecule has 11 heavy (non-hydrogen) atoms. The molecule has 1 saturated heterocycles. The van der Waals surface area contributed by atoms with E-state index in [0.29, 0.717) is 12.2 Å². The van der Waals surface area contributed by atoms with E-state index < -0.39 is 0 Å². The number of rotatable bonds is 0. The lowest BCUT2D eigenvalue weighted by molar-refractivity contribution is -0.135. The highest BCUT2D eigenvalue weighted by Crippen LogP contribution is 2.33. The minimum Gasteiger partial charge on any atom is -0.461 e. The number of carbonyl (C=O) groups is 1. The van der Waals surface area contributed by atoms with Crippen molar-refractivity contribution in [3.8, 4) is 6.07 Å². The van der Waals surface area contributed by atoms with Crippen molar-refractivity contribution >= 4 is 5.97 Å². The summed E-state index contributed by atoms with van der Waals surface area (Å²) in [6.45, 7) is 4.13.